The Kier molecular flexibility index (Phi) is 5.56. The molecule has 1 saturated heterocycles. The van der Waals surface area contributed by atoms with Gasteiger partial charge in [0, 0.05) is 28.1 Å². The van der Waals surface area contributed by atoms with Gasteiger partial charge in [0.1, 0.15) is 22.8 Å². The molecule has 5 heteroatoms. The van der Waals surface area contributed by atoms with E-state index in [0.29, 0.717) is 0 Å². The van der Waals surface area contributed by atoms with Crippen molar-refractivity contribution >= 4 is 11.0 Å². The second kappa shape index (κ2) is 8.04. The molecule has 1 aromatic heterocycles. The van der Waals surface area contributed by atoms with Crippen LogP contribution in [0.5, 0.6) is 11.5 Å². The molecule has 2 aromatic carbocycles. The lowest BCUT2D eigenvalue weighted by Gasteiger charge is -2.45. The number of benzene rings is 2. The number of methoxy groups -OCH3 is 2. The highest BCUT2D eigenvalue weighted by molar-refractivity contribution is 5.80. The summed E-state index contributed by atoms with van der Waals surface area (Å²) < 4.78 is 17.0. The second-order valence-electron chi connectivity index (χ2n) is 9.67. The van der Waals surface area contributed by atoms with E-state index in [1.807, 2.05) is 48.5 Å². The zero-order chi connectivity index (χ0) is 22.2. The molecule has 0 atom stereocenters. The summed E-state index contributed by atoms with van der Waals surface area (Å²) in [6.07, 6.45) is 1.96. The zero-order valence-corrected chi connectivity index (χ0v) is 19.3. The first-order valence-electron chi connectivity index (χ1n) is 10.8. The molecule has 0 amide bonds. The van der Waals surface area contributed by atoms with E-state index in [4.69, 9.17) is 18.9 Å². The average molecular weight is 421 g/mol. The minimum Gasteiger partial charge on any atom is -0.497 e. The van der Waals surface area contributed by atoms with Crippen molar-refractivity contribution in [3.05, 3.63) is 53.9 Å². The SMILES string of the molecule is COc1ccc(-c2cc(=NC3CC(C)(C)NC(C)(C)C3)c3cc(OC)ccc3o2)cc1. The molecule has 0 aliphatic carbocycles. The molecule has 0 unspecified atom stereocenters. The third-order valence-electron chi connectivity index (χ3n) is 5.82. The molecular formula is C26H32N2O3. The molecule has 0 spiro atoms. The van der Waals surface area contributed by atoms with Crippen molar-refractivity contribution in [3.8, 4) is 22.8 Å². The summed E-state index contributed by atoms with van der Waals surface area (Å²) in [5.74, 6) is 2.40. The first kappa shape index (κ1) is 21.4. The summed E-state index contributed by atoms with van der Waals surface area (Å²) in [6, 6.07) is 16.0. The molecule has 2 heterocycles. The third-order valence-corrected chi connectivity index (χ3v) is 5.82. The number of piperidine rings is 1. The van der Waals surface area contributed by atoms with Crippen LogP contribution in [-0.4, -0.2) is 31.3 Å². The Balaban J connectivity index is 1.87. The van der Waals surface area contributed by atoms with Gasteiger partial charge in [-0.3, -0.25) is 4.99 Å². The van der Waals surface area contributed by atoms with Crippen LogP contribution in [0, 0.1) is 0 Å². The fraction of sp³-hybridized carbons (Fsp3) is 0.423. The topological polar surface area (TPSA) is 56.0 Å². The van der Waals surface area contributed by atoms with Crippen molar-refractivity contribution in [3.63, 3.8) is 0 Å². The molecule has 1 aliphatic heterocycles. The quantitative estimate of drug-likeness (QED) is 0.620. The smallest absolute Gasteiger partial charge is 0.137 e. The van der Waals surface area contributed by atoms with Crippen LogP contribution >= 0.6 is 0 Å². The zero-order valence-electron chi connectivity index (χ0n) is 19.3. The van der Waals surface area contributed by atoms with E-state index in [1.165, 1.54) is 0 Å². The Morgan fingerprint density at radius 2 is 1.48 bits per heavy atom. The van der Waals surface area contributed by atoms with E-state index in [9.17, 15) is 0 Å². The van der Waals surface area contributed by atoms with Crippen LogP contribution in [0.2, 0.25) is 0 Å². The highest BCUT2D eigenvalue weighted by atomic mass is 16.5. The lowest BCUT2D eigenvalue weighted by molar-refractivity contribution is 0.163. The van der Waals surface area contributed by atoms with Gasteiger partial charge in [-0.1, -0.05) is 0 Å². The van der Waals surface area contributed by atoms with Gasteiger partial charge in [0.25, 0.3) is 0 Å². The molecule has 1 aliphatic rings. The Bertz CT molecular complexity index is 1130. The Hall–Kier alpha value is -2.79. The summed E-state index contributed by atoms with van der Waals surface area (Å²) in [4.78, 5) is 5.25. The molecule has 164 valence electrons. The van der Waals surface area contributed by atoms with Gasteiger partial charge in [0.2, 0.25) is 0 Å². The van der Waals surface area contributed by atoms with Gasteiger partial charge in [-0.15, -0.1) is 0 Å². The molecular weight excluding hydrogens is 388 g/mol. The minimum absolute atomic E-state index is 0.0291. The maximum Gasteiger partial charge on any atom is 0.137 e. The van der Waals surface area contributed by atoms with Crippen molar-refractivity contribution in [1.29, 1.82) is 0 Å². The van der Waals surface area contributed by atoms with Crippen molar-refractivity contribution in [2.45, 2.75) is 57.7 Å². The Morgan fingerprint density at radius 1 is 0.871 bits per heavy atom. The van der Waals surface area contributed by atoms with Crippen molar-refractivity contribution in [1.82, 2.24) is 5.32 Å². The van der Waals surface area contributed by atoms with Crippen LogP contribution in [-0.2, 0) is 0 Å². The first-order chi connectivity index (χ1) is 14.7. The highest BCUT2D eigenvalue weighted by Gasteiger charge is 2.37. The Morgan fingerprint density at radius 3 is 2.10 bits per heavy atom. The number of nitrogens with one attached hydrogen (secondary N) is 1. The molecule has 1 N–H and O–H groups in total. The second-order valence-corrected chi connectivity index (χ2v) is 9.67. The van der Waals surface area contributed by atoms with Crippen molar-refractivity contribution in [2.24, 2.45) is 4.99 Å². The van der Waals surface area contributed by atoms with Crippen LogP contribution in [0.15, 0.2) is 57.9 Å². The summed E-state index contributed by atoms with van der Waals surface area (Å²) in [5.41, 5.74) is 1.84. The number of hydrogen-bond donors (Lipinski definition) is 1. The summed E-state index contributed by atoms with van der Waals surface area (Å²) in [5, 5.41) is 5.64. The van der Waals surface area contributed by atoms with Gasteiger partial charge in [0.05, 0.1) is 25.6 Å². The van der Waals surface area contributed by atoms with Crippen molar-refractivity contribution in [2.75, 3.05) is 14.2 Å². The molecule has 31 heavy (non-hydrogen) atoms. The maximum absolute atomic E-state index is 6.26. The fourth-order valence-electron chi connectivity index (χ4n) is 4.84. The average Bonchev–Trinajstić information content (AvgIpc) is 2.71. The standard InChI is InChI=1S/C26H32N2O3/c1-25(2)15-18(16-26(3,4)28-25)27-22-14-24(17-7-9-19(29-5)10-8-17)31-23-12-11-20(30-6)13-21(22)23/h7-14,18,28H,15-16H2,1-6H3. The van der Waals surface area contributed by atoms with Gasteiger partial charge in [0.15, 0.2) is 0 Å². The van der Waals surface area contributed by atoms with Crippen LogP contribution in [0.3, 0.4) is 0 Å². The molecule has 5 nitrogen and oxygen atoms in total. The summed E-state index contributed by atoms with van der Waals surface area (Å²) >= 11 is 0. The number of ether oxygens (including phenoxy) is 2. The Labute approximate surface area is 184 Å². The predicted molar refractivity (Wildman–Crippen MR) is 125 cm³/mol. The van der Waals surface area contributed by atoms with E-state index >= 15 is 0 Å². The van der Waals surface area contributed by atoms with E-state index in [-0.39, 0.29) is 17.1 Å². The van der Waals surface area contributed by atoms with Crippen molar-refractivity contribution < 1.29 is 13.9 Å². The lowest BCUT2D eigenvalue weighted by Crippen LogP contribution is -2.59. The van der Waals surface area contributed by atoms with E-state index in [2.05, 4.69) is 33.0 Å². The molecule has 0 saturated carbocycles. The number of rotatable bonds is 4. The maximum atomic E-state index is 6.26. The summed E-state index contributed by atoms with van der Waals surface area (Å²) in [6.45, 7) is 9.00. The number of fused-ring (bicyclic) bond motifs is 1. The van der Waals surface area contributed by atoms with Crippen LogP contribution in [0.1, 0.15) is 40.5 Å². The van der Waals surface area contributed by atoms with E-state index in [1.54, 1.807) is 14.2 Å². The third kappa shape index (κ3) is 4.77. The lowest BCUT2D eigenvalue weighted by atomic mass is 9.80. The predicted octanol–water partition coefficient (Wildman–Crippen LogP) is 5.33. The van der Waals surface area contributed by atoms with E-state index < -0.39 is 0 Å². The van der Waals surface area contributed by atoms with Gasteiger partial charge < -0.3 is 19.2 Å². The molecule has 3 aromatic rings. The highest BCUT2D eigenvalue weighted by Crippen LogP contribution is 2.31. The largest absolute Gasteiger partial charge is 0.497 e. The van der Waals surface area contributed by atoms with Gasteiger partial charge >= 0.3 is 0 Å². The normalized spacial score (nSPS) is 18.8. The van der Waals surface area contributed by atoms with E-state index in [0.717, 1.165) is 52.0 Å². The number of hydrogen-bond acceptors (Lipinski definition) is 5. The minimum atomic E-state index is 0.0291. The molecule has 0 radical (unpaired) electrons. The monoisotopic (exact) mass is 420 g/mol. The van der Waals surface area contributed by atoms with Gasteiger partial charge in [-0.05, 0) is 83.0 Å². The van der Waals surface area contributed by atoms with Gasteiger partial charge in [-0.25, -0.2) is 0 Å². The molecule has 0 bridgehead atoms. The molecule has 1 fully saturated rings. The summed E-state index contributed by atoms with van der Waals surface area (Å²) in [7, 11) is 3.35. The van der Waals surface area contributed by atoms with Crippen LogP contribution < -0.4 is 20.1 Å². The fourth-order valence-corrected chi connectivity index (χ4v) is 4.84. The van der Waals surface area contributed by atoms with Gasteiger partial charge in [-0.2, -0.15) is 0 Å². The first-order valence-corrected chi connectivity index (χ1v) is 10.8. The van der Waals surface area contributed by atoms with Crippen LogP contribution in [0.4, 0.5) is 0 Å². The number of nitrogens with zero attached hydrogens (tertiary/aromatic N) is 1. The van der Waals surface area contributed by atoms with Crippen LogP contribution in [0.25, 0.3) is 22.3 Å². The molecule has 4 rings (SSSR count).